The number of nitrogens with zero attached hydrogens (tertiary/aromatic N) is 3. The lowest BCUT2D eigenvalue weighted by atomic mass is 9.82. The average molecular weight is 248 g/mol. The zero-order valence-corrected chi connectivity index (χ0v) is 8.87. The highest BCUT2D eigenvalue weighted by atomic mass is 19.4. The van der Waals surface area contributed by atoms with Gasteiger partial charge >= 0.3 is 6.18 Å². The highest BCUT2D eigenvalue weighted by molar-refractivity contribution is 5.92. The van der Waals surface area contributed by atoms with Crippen molar-refractivity contribution in [2.24, 2.45) is 5.73 Å². The summed E-state index contributed by atoms with van der Waals surface area (Å²) in [5.74, 6) is -0.921. The zero-order chi connectivity index (χ0) is 12.6. The van der Waals surface area contributed by atoms with E-state index in [2.05, 4.69) is 10.3 Å². The summed E-state index contributed by atoms with van der Waals surface area (Å²) in [6, 6.07) is 0. The largest absolute Gasteiger partial charge is 0.408 e. The number of amides is 1. The van der Waals surface area contributed by atoms with Crippen LogP contribution in [0.4, 0.5) is 13.2 Å². The maximum atomic E-state index is 12.3. The first-order chi connectivity index (χ1) is 7.88. The maximum absolute atomic E-state index is 12.3. The Morgan fingerprint density at radius 2 is 2.12 bits per heavy atom. The van der Waals surface area contributed by atoms with Crippen LogP contribution in [-0.2, 0) is 6.54 Å². The molecule has 1 heterocycles. The minimum absolute atomic E-state index is 0.0881. The second-order valence-electron chi connectivity index (χ2n) is 4.09. The molecule has 1 saturated carbocycles. The Morgan fingerprint density at radius 1 is 1.47 bits per heavy atom. The number of hydrogen-bond donors (Lipinski definition) is 1. The first kappa shape index (κ1) is 11.9. The summed E-state index contributed by atoms with van der Waals surface area (Å²) < 4.78 is 37.7. The summed E-state index contributed by atoms with van der Waals surface area (Å²) in [6.45, 7) is -1.24. The molecular formula is C9H11F3N4O. The minimum atomic E-state index is -4.39. The highest BCUT2D eigenvalue weighted by Gasteiger charge is 2.35. The highest BCUT2D eigenvalue weighted by Crippen LogP contribution is 2.38. The van der Waals surface area contributed by atoms with Crippen LogP contribution in [-0.4, -0.2) is 27.1 Å². The average Bonchev–Trinajstić information content (AvgIpc) is 2.43. The topological polar surface area (TPSA) is 73.8 Å². The number of alkyl halides is 3. The molecule has 1 aliphatic rings. The maximum Gasteiger partial charge on any atom is 0.408 e. The van der Waals surface area contributed by atoms with Crippen molar-refractivity contribution in [3.8, 4) is 0 Å². The van der Waals surface area contributed by atoms with E-state index in [-0.39, 0.29) is 17.3 Å². The van der Waals surface area contributed by atoms with Crippen molar-refractivity contribution in [3.05, 3.63) is 11.4 Å². The van der Waals surface area contributed by atoms with Gasteiger partial charge in [-0.2, -0.15) is 13.2 Å². The molecule has 8 heteroatoms. The van der Waals surface area contributed by atoms with E-state index < -0.39 is 18.6 Å². The fraction of sp³-hybridized carbons (Fsp3) is 0.667. The molecule has 0 spiro atoms. The van der Waals surface area contributed by atoms with E-state index in [4.69, 9.17) is 5.73 Å². The van der Waals surface area contributed by atoms with Crippen molar-refractivity contribution in [2.75, 3.05) is 0 Å². The van der Waals surface area contributed by atoms with Crippen molar-refractivity contribution in [1.82, 2.24) is 15.0 Å². The molecule has 0 aromatic carbocycles. The molecule has 0 atom stereocenters. The number of carbonyl (C=O) groups is 1. The van der Waals surface area contributed by atoms with Crippen molar-refractivity contribution < 1.29 is 18.0 Å². The number of nitrogens with two attached hydrogens (primary N) is 1. The lowest BCUT2D eigenvalue weighted by Gasteiger charge is -2.26. The molecule has 2 N–H and O–H groups in total. The monoisotopic (exact) mass is 248 g/mol. The molecule has 1 aromatic rings. The van der Waals surface area contributed by atoms with Gasteiger partial charge in [0.05, 0.1) is 5.69 Å². The Hall–Kier alpha value is -1.60. The Bertz CT molecular complexity index is 436. The Balaban J connectivity index is 2.34. The molecule has 0 radical (unpaired) electrons. The third-order valence-corrected chi connectivity index (χ3v) is 2.83. The molecule has 1 aliphatic carbocycles. The van der Waals surface area contributed by atoms with Crippen LogP contribution in [0.2, 0.25) is 0 Å². The minimum Gasteiger partial charge on any atom is -0.364 e. The number of rotatable bonds is 3. The fourth-order valence-corrected chi connectivity index (χ4v) is 1.87. The van der Waals surface area contributed by atoms with E-state index in [0.717, 1.165) is 23.9 Å². The second kappa shape index (κ2) is 4.01. The summed E-state index contributed by atoms with van der Waals surface area (Å²) in [6.07, 6.45) is -1.97. The SMILES string of the molecule is NC(=O)c1nnn(CC(F)(F)F)c1C1CCC1. The van der Waals surface area contributed by atoms with Crippen molar-refractivity contribution >= 4 is 5.91 Å². The van der Waals surface area contributed by atoms with E-state index in [0.29, 0.717) is 0 Å². The third-order valence-electron chi connectivity index (χ3n) is 2.83. The first-order valence-electron chi connectivity index (χ1n) is 5.18. The van der Waals surface area contributed by atoms with E-state index in [1.807, 2.05) is 0 Å². The van der Waals surface area contributed by atoms with Crippen LogP contribution in [0.15, 0.2) is 0 Å². The summed E-state index contributed by atoms with van der Waals surface area (Å²) >= 11 is 0. The lowest BCUT2D eigenvalue weighted by molar-refractivity contribution is -0.143. The summed E-state index contributed by atoms with van der Waals surface area (Å²) in [7, 11) is 0. The van der Waals surface area contributed by atoms with Crippen LogP contribution < -0.4 is 5.73 Å². The van der Waals surface area contributed by atoms with Crippen LogP contribution in [0, 0.1) is 0 Å². The Kier molecular flexibility index (Phi) is 2.80. The van der Waals surface area contributed by atoms with Gasteiger partial charge < -0.3 is 5.73 Å². The number of primary amides is 1. The smallest absolute Gasteiger partial charge is 0.364 e. The van der Waals surface area contributed by atoms with Crippen LogP contribution in [0.3, 0.4) is 0 Å². The standard InChI is InChI=1S/C9H11F3N4O/c10-9(11,12)4-16-7(5-2-1-3-5)6(8(13)17)14-15-16/h5H,1-4H2,(H2,13,17). The van der Waals surface area contributed by atoms with E-state index in [1.165, 1.54) is 0 Å². The van der Waals surface area contributed by atoms with Crippen LogP contribution in [0.5, 0.6) is 0 Å². The second-order valence-corrected chi connectivity index (χ2v) is 4.09. The van der Waals surface area contributed by atoms with E-state index in [1.54, 1.807) is 0 Å². The Labute approximate surface area is 94.8 Å². The van der Waals surface area contributed by atoms with Gasteiger partial charge in [-0.3, -0.25) is 4.79 Å². The predicted octanol–water partition coefficient (Wildman–Crippen LogP) is 1.21. The van der Waals surface area contributed by atoms with Gasteiger partial charge in [0.25, 0.3) is 5.91 Å². The molecule has 5 nitrogen and oxygen atoms in total. The zero-order valence-electron chi connectivity index (χ0n) is 8.87. The molecule has 1 aromatic heterocycles. The normalized spacial score (nSPS) is 16.9. The molecule has 0 saturated heterocycles. The van der Waals surface area contributed by atoms with Crippen molar-refractivity contribution in [1.29, 1.82) is 0 Å². The number of aromatic nitrogens is 3. The van der Waals surface area contributed by atoms with E-state index in [9.17, 15) is 18.0 Å². The Morgan fingerprint density at radius 3 is 2.53 bits per heavy atom. The van der Waals surface area contributed by atoms with Gasteiger partial charge in [0.15, 0.2) is 5.69 Å². The van der Waals surface area contributed by atoms with Crippen LogP contribution >= 0.6 is 0 Å². The molecule has 0 aliphatic heterocycles. The van der Waals surface area contributed by atoms with Crippen molar-refractivity contribution in [2.45, 2.75) is 37.9 Å². The van der Waals surface area contributed by atoms with Gasteiger partial charge in [-0.05, 0) is 12.8 Å². The summed E-state index contributed by atoms with van der Waals surface area (Å²) in [5.41, 5.74) is 5.16. The van der Waals surface area contributed by atoms with Gasteiger partial charge in [0, 0.05) is 5.92 Å². The van der Waals surface area contributed by atoms with Gasteiger partial charge in [-0.15, -0.1) is 5.10 Å². The molecule has 1 fully saturated rings. The van der Waals surface area contributed by atoms with Gasteiger partial charge in [-0.25, -0.2) is 4.68 Å². The molecular weight excluding hydrogens is 237 g/mol. The van der Waals surface area contributed by atoms with Crippen LogP contribution in [0.1, 0.15) is 41.4 Å². The number of halogens is 3. The third kappa shape index (κ3) is 2.40. The van der Waals surface area contributed by atoms with Gasteiger partial charge in [-0.1, -0.05) is 11.6 Å². The molecule has 0 unspecified atom stereocenters. The summed E-state index contributed by atoms with van der Waals surface area (Å²) in [4.78, 5) is 11.1. The molecule has 94 valence electrons. The van der Waals surface area contributed by atoms with Crippen molar-refractivity contribution in [3.63, 3.8) is 0 Å². The number of carbonyl (C=O) groups excluding carboxylic acids is 1. The van der Waals surface area contributed by atoms with Gasteiger partial charge in [0.1, 0.15) is 6.54 Å². The molecule has 1 amide bonds. The lowest BCUT2D eigenvalue weighted by Crippen LogP contribution is -2.25. The summed E-state index contributed by atoms with van der Waals surface area (Å²) in [5, 5.41) is 6.81. The number of hydrogen-bond acceptors (Lipinski definition) is 3. The molecule has 17 heavy (non-hydrogen) atoms. The predicted molar refractivity (Wildman–Crippen MR) is 51.2 cm³/mol. The van der Waals surface area contributed by atoms with E-state index >= 15 is 0 Å². The molecule has 0 bridgehead atoms. The van der Waals surface area contributed by atoms with Crippen LogP contribution in [0.25, 0.3) is 0 Å². The quantitative estimate of drug-likeness (QED) is 0.873. The fourth-order valence-electron chi connectivity index (χ4n) is 1.87. The molecule has 2 rings (SSSR count). The van der Waals surface area contributed by atoms with Gasteiger partial charge in [0.2, 0.25) is 0 Å². The first-order valence-corrected chi connectivity index (χ1v) is 5.18.